The molecule has 0 unspecified atom stereocenters. The van der Waals surface area contributed by atoms with Crippen molar-refractivity contribution in [3.63, 3.8) is 0 Å². The number of fused-ring (bicyclic) bond motifs is 2. The van der Waals surface area contributed by atoms with Crippen LogP contribution in [0.25, 0.3) is 0 Å². The van der Waals surface area contributed by atoms with E-state index >= 15 is 0 Å². The average Bonchev–Trinajstić information content (AvgIpc) is 2.43. The van der Waals surface area contributed by atoms with Gasteiger partial charge in [-0.1, -0.05) is 0 Å². The zero-order valence-corrected chi connectivity index (χ0v) is 10.5. The summed E-state index contributed by atoms with van der Waals surface area (Å²) >= 11 is 1.10. The minimum absolute atomic E-state index is 0.0557. The van der Waals surface area contributed by atoms with Gasteiger partial charge in [-0.25, -0.2) is 4.98 Å². The molecule has 0 atom stereocenters. The smallest absolute Gasteiger partial charge is 0.358 e. The molecule has 3 rings (SSSR count). The first-order valence-corrected chi connectivity index (χ1v) is 6.11. The predicted molar refractivity (Wildman–Crippen MR) is 69.2 cm³/mol. The largest absolute Gasteiger partial charge is 0.383 e. The van der Waals surface area contributed by atoms with Crippen molar-refractivity contribution in [2.75, 3.05) is 5.32 Å². The molecule has 0 saturated heterocycles. The molecule has 0 bridgehead atoms. The molecular weight excluding hydrogens is 286 g/mol. The highest BCUT2D eigenvalue weighted by atomic mass is 32.2. The van der Waals surface area contributed by atoms with Gasteiger partial charge in [0, 0.05) is 17.0 Å². The number of aromatic nitrogens is 2. The van der Waals surface area contributed by atoms with Crippen LogP contribution in [0.15, 0.2) is 34.3 Å². The van der Waals surface area contributed by atoms with E-state index in [1.165, 1.54) is 12.1 Å². The van der Waals surface area contributed by atoms with Gasteiger partial charge in [-0.15, -0.1) is 0 Å². The molecule has 0 radical (unpaired) electrons. The van der Waals surface area contributed by atoms with Gasteiger partial charge in [0.05, 0.1) is 10.6 Å². The van der Waals surface area contributed by atoms with E-state index in [0.29, 0.717) is 21.4 Å². The fourth-order valence-corrected chi connectivity index (χ4v) is 2.61. The molecule has 9 nitrogen and oxygen atoms in total. The van der Waals surface area contributed by atoms with Gasteiger partial charge >= 0.3 is 5.82 Å². The summed E-state index contributed by atoms with van der Waals surface area (Å²) in [4.78, 5) is 28.6. The van der Waals surface area contributed by atoms with Crippen molar-refractivity contribution >= 4 is 34.8 Å². The zero-order chi connectivity index (χ0) is 14.3. The summed E-state index contributed by atoms with van der Waals surface area (Å²) in [7, 11) is 0. The molecule has 1 aromatic heterocycles. The number of nitrogens with one attached hydrogen (secondary N) is 1. The van der Waals surface area contributed by atoms with E-state index in [2.05, 4.69) is 15.3 Å². The lowest BCUT2D eigenvalue weighted by Gasteiger charge is -2.15. The van der Waals surface area contributed by atoms with Crippen LogP contribution in [0.1, 0.15) is 0 Å². The maximum Gasteiger partial charge on any atom is 0.383 e. The third-order valence-electron chi connectivity index (χ3n) is 2.55. The Hall–Kier alpha value is -2.75. The second-order valence-corrected chi connectivity index (χ2v) is 4.83. The van der Waals surface area contributed by atoms with Crippen molar-refractivity contribution < 1.29 is 9.85 Å². The number of hydrogen-bond acceptors (Lipinski definition) is 8. The normalized spacial score (nSPS) is 12.0. The quantitative estimate of drug-likeness (QED) is 0.564. The van der Waals surface area contributed by atoms with Crippen molar-refractivity contribution in [3.05, 3.63) is 44.6 Å². The van der Waals surface area contributed by atoms with Crippen LogP contribution >= 0.6 is 11.8 Å². The Balaban J connectivity index is 2.03. The third kappa shape index (κ3) is 2.01. The van der Waals surface area contributed by atoms with E-state index in [4.69, 9.17) is 0 Å². The minimum atomic E-state index is -0.642. The predicted octanol–water partition coefficient (Wildman–Crippen LogP) is 2.50. The molecule has 1 aliphatic heterocycles. The third-order valence-corrected chi connectivity index (χ3v) is 3.59. The molecule has 0 fully saturated rings. The lowest BCUT2D eigenvalue weighted by molar-refractivity contribution is -0.390. The van der Waals surface area contributed by atoms with E-state index in [9.17, 15) is 20.2 Å². The number of nitrogens with zero attached hydrogens (tertiary/aromatic N) is 4. The molecule has 0 saturated carbocycles. The van der Waals surface area contributed by atoms with Crippen molar-refractivity contribution in [3.8, 4) is 0 Å². The molecule has 1 aliphatic rings. The van der Waals surface area contributed by atoms with E-state index in [1.54, 1.807) is 6.07 Å². The van der Waals surface area contributed by atoms with Crippen molar-refractivity contribution in [2.45, 2.75) is 9.92 Å². The maximum atomic E-state index is 10.7. The van der Waals surface area contributed by atoms with E-state index in [0.717, 1.165) is 18.0 Å². The van der Waals surface area contributed by atoms with Crippen LogP contribution in [0.2, 0.25) is 0 Å². The summed E-state index contributed by atoms with van der Waals surface area (Å²) in [5.74, 6) is 0.0221. The topological polar surface area (TPSA) is 124 Å². The molecule has 100 valence electrons. The molecular formula is C10H5N5O4S. The first-order valence-electron chi connectivity index (χ1n) is 5.29. The average molecular weight is 291 g/mol. The number of non-ortho nitro benzene ring substituents is 1. The first kappa shape index (κ1) is 12.3. The Labute approximate surface area is 115 Å². The molecule has 10 heteroatoms. The van der Waals surface area contributed by atoms with Crippen LogP contribution in [0.4, 0.5) is 23.0 Å². The van der Waals surface area contributed by atoms with Crippen molar-refractivity contribution in [1.29, 1.82) is 0 Å². The highest BCUT2D eigenvalue weighted by Crippen LogP contribution is 2.43. The molecule has 2 heterocycles. The maximum absolute atomic E-state index is 10.7. The summed E-state index contributed by atoms with van der Waals surface area (Å²) in [6, 6.07) is 4.32. The summed E-state index contributed by atoms with van der Waals surface area (Å²) in [6.45, 7) is 0. The Morgan fingerprint density at radius 3 is 2.70 bits per heavy atom. The highest BCUT2D eigenvalue weighted by Gasteiger charge is 2.25. The Bertz CT molecular complexity index is 689. The molecule has 2 aromatic rings. The standard InChI is InChI=1S/C10H5N5O4S/c16-14(17)5-1-2-6-7(3-5)20-10-9(12-6)11-4-8(13-10)15(18)19/h1-4H,(H,11,12). The Morgan fingerprint density at radius 2 is 2.00 bits per heavy atom. The summed E-state index contributed by atoms with van der Waals surface area (Å²) in [5.41, 5.74) is 0.594. The van der Waals surface area contributed by atoms with Crippen LogP contribution in [0, 0.1) is 20.2 Å². The fourth-order valence-electron chi connectivity index (χ4n) is 1.65. The second-order valence-electron chi connectivity index (χ2n) is 3.80. The summed E-state index contributed by atoms with van der Waals surface area (Å²) in [6.07, 6.45) is 1.06. The number of anilines is 2. The van der Waals surface area contributed by atoms with Gasteiger partial charge in [0.15, 0.2) is 5.82 Å². The molecule has 1 aromatic carbocycles. The van der Waals surface area contributed by atoms with Gasteiger partial charge in [0.2, 0.25) is 0 Å². The summed E-state index contributed by atoms with van der Waals surface area (Å²) in [5, 5.41) is 24.6. The van der Waals surface area contributed by atoms with Crippen LogP contribution in [0.5, 0.6) is 0 Å². The van der Waals surface area contributed by atoms with Crippen LogP contribution in [-0.2, 0) is 0 Å². The number of nitro groups is 2. The Kier molecular flexibility index (Phi) is 2.71. The van der Waals surface area contributed by atoms with E-state index in [-0.39, 0.29) is 11.5 Å². The first-order chi connectivity index (χ1) is 9.54. The molecule has 0 aliphatic carbocycles. The monoisotopic (exact) mass is 291 g/mol. The van der Waals surface area contributed by atoms with Gasteiger partial charge in [0.1, 0.15) is 6.20 Å². The van der Waals surface area contributed by atoms with Crippen LogP contribution in [-0.4, -0.2) is 19.8 Å². The second kappa shape index (κ2) is 4.42. The van der Waals surface area contributed by atoms with Gasteiger partial charge in [-0.2, -0.15) is 0 Å². The molecule has 20 heavy (non-hydrogen) atoms. The van der Waals surface area contributed by atoms with Gasteiger partial charge in [-0.05, 0) is 27.7 Å². The lowest BCUT2D eigenvalue weighted by atomic mass is 10.3. The molecule has 0 amide bonds. The van der Waals surface area contributed by atoms with Crippen LogP contribution in [0.3, 0.4) is 0 Å². The lowest BCUT2D eigenvalue weighted by Crippen LogP contribution is -2.06. The van der Waals surface area contributed by atoms with Crippen molar-refractivity contribution in [1.82, 2.24) is 9.97 Å². The molecule has 0 spiro atoms. The van der Waals surface area contributed by atoms with E-state index < -0.39 is 9.85 Å². The highest BCUT2D eigenvalue weighted by molar-refractivity contribution is 7.99. The number of benzene rings is 1. The van der Waals surface area contributed by atoms with Crippen molar-refractivity contribution in [2.24, 2.45) is 0 Å². The Morgan fingerprint density at radius 1 is 1.20 bits per heavy atom. The van der Waals surface area contributed by atoms with E-state index in [1.807, 2.05) is 0 Å². The zero-order valence-electron chi connectivity index (χ0n) is 9.64. The number of rotatable bonds is 2. The van der Waals surface area contributed by atoms with Gasteiger partial charge < -0.3 is 15.4 Å². The van der Waals surface area contributed by atoms with Gasteiger partial charge in [-0.3, -0.25) is 10.1 Å². The molecule has 1 N–H and O–H groups in total. The summed E-state index contributed by atoms with van der Waals surface area (Å²) < 4.78 is 0. The minimum Gasteiger partial charge on any atom is -0.358 e. The van der Waals surface area contributed by atoms with Crippen LogP contribution < -0.4 is 5.32 Å². The van der Waals surface area contributed by atoms with Gasteiger partial charge in [0.25, 0.3) is 10.7 Å². The number of nitro benzene ring substituents is 1. The number of hydrogen-bond donors (Lipinski definition) is 1. The fraction of sp³-hybridized carbons (Fsp3) is 0. The SMILES string of the molecule is O=[N+]([O-])c1ccc2c(c1)Sc1nc([N+](=O)[O-])cnc1N2.